The summed E-state index contributed by atoms with van der Waals surface area (Å²) < 4.78 is 41.8. The molecule has 4 aromatic carbocycles. The van der Waals surface area contributed by atoms with Gasteiger partial charge in [-0.05, 0) is 65.9 Å². The Morgan fingerprint density at radius 3 is 2.07 bits per heavy atom. The zero-order valence-electron chi connectivity index (χ0n) is 23.2. The molecule has 0 saturated heterocycles. The molecule has 1 aliphatic rings. The molecule has 0 aromatic heterocycles. The van der Waals surface area contributed by atoms with E-state index in [1.807, 2.05) is 36.4 Å². The Hall–Kier alpha value is -4.63. The second kappa shape index (κ2) is 12.5. The van der Waals surface area contributed by atoms with Gasteiger partial charge >= 0.3 is 22.2 Å². The summed E-state index contributed by atoms with van der Waals surface area (Å²) in [6.07, 6.45) is -1.08. The van der Waals surface area contributed by atoms with Crippen molar-refractivity contribution in [2.45, 2.75) is 36.7 Å². The SMILES string of the molecule is CC(C)OC(=O)C(CNC(=O)OCC1c2ccccc2-c2ccccc21)c1cccc(OS(=O)(=O)c2ccccc2)c1. The second-order valence-electron chi connectivity index (χ2n) is 10.2. The fourth-order valence-corrected chi connectivity index (χ4v) is 5.98. The van der Waals surface area contributed by atoms with Gasteiger partial charge in [-0.3, -0.25) is 4.79 Å². The van der Waals surface area contributed by atoms with Crippen molar-refractivity contribution < 1.29 is 31.7 Å². The first-order chi connectivity index (χ1) is 20.2. The van der Waals surface area contributed by atoms with Crippen molar-refractivity contribution in [1.82, 2.24) is 5.32 Å². The first kappa shape index (κ1) is 28.9. The van der Waals surface area contributed by atoms with Crippen LogP contribution in [0, 0.1) is 0 Å². The Kier molecular flexibility index (Phi) is 8.59. The minimum Gasteiger partial charge on any atom is -0.462 e. The van der Waals surface area contributed by atoms with Crippen LogP contribution in [0.5, 0.6) is 5.75 Å². The van der Waals surface area contributed by atoms with E-state index in [1.165, 1.54) is 24.3 Å². The Morgan fingerprint density at radius 1 is 0.810 bits per heavy atom. The van der Waals surface area contributed by atoms with E-state index in [9.17, 15) is 18.0 Å². The summed E-state index contributed by atoms with van der Waals surface area (Å²) in [6.45, 7) is 3.44. The monoisotopic (exact) mass is 585 g/mol. The minimum absolute atomic E-state index is 0.00286. The minimum atomic E-state index is -4.08. The summed E-state index contributed by atoms with van der Waals surface area (Å²) in [5.41, 5.74) is 4.84. The van der Waals surface area contributed by atoms with Crippen LogP contribution in [0.1, 0.15) is 42.4 Å². The van der Waals surface area contributed by atoms with Crippen LogP contribution < -0.4 is 9.50 Å². The summed E-state index contributed by atoms with van der Waals surface area (Å²) in [6, 6.07) is 30.0. The van der Waals surface area contributed by atoms with Gasteiger partial charge in [0.25, 0.3) is 0 Å². The molecule has 8 nitrogen and oxygen atoms in total. The van der Waals surface area contributed by atoms with E-state index in [0.29, 0.717) is 5.56 Å². The van der Waals surface area contributed by atoms with E-state index >= 15 is 0 Å². The molecule has 1 atom stereocenters. The van der Waals surface area contributed by atoms with Crippen LogP contribution >= 0.6 is 0 Å². The lowest BCUT2D eigenvalue weighted by Crippen LogP contribution is -2.34. The van der Waals surface area contributed by atoms with E-state index in [-0.39, 0.29) is 29.7 Å². The number of carbonyl (C=O) groups excluding carboxylic acids is 2. The number of alkyl carbamates (subject to hydrolysis) is 1. The van der Waals surface area contributed by atoms with Crippen molar-refractivity contribution in [2.24, 2.45) is 0 Å². The van der Waals surface area contributed by atoms with Gasteiger partial charge in [0.05, 0.1) is 12.0 Å². The third-order valence-electron chi connectivity index (χ3n) is 6.93. The van der Waals surface area contributed by atoms with Crippen LogP contribution in [0.15, 0.2) is 108 Å². The molecule has 0 aliphatic heterocycles. The van der Waals surface area contributed by atoms with Gasteiger partial charge in [0.15, 0.2) is 0 Å². The van der Waals surface area contributed by atoms with Gasteiger partial charge in [0.1, 0.15) is 17.3 Å². The maximum absolute atomic E-state index is 13.1. The largest absolute Gasteiger partial charge is 0.462 e. The van der Waals surface area contributed by atoms with Crippen LogP contribution in [0.3, 0.4) is 0 Å². The molecule has 1 amide bonds. The molecule has 9 heteroatoms. The van der Waals surface area contributed by atoms with Crippen LogP contribution in [0.4, 0.5) is 4.79 Å². The van der Waals surface area contributed by atoms with Crippen molar-refractivity contribution in [3.8, 4) is 16.9 Å². The standard InChI is InChI=1S/C33H31NO7S/c1-22(2)40-32(35)30(23-11-10-12-24(19-23)41-42(37,38)25-13-4-3-5-14-25)20-34-33(36)39-21-31-28-17-8-6-15-26(28)27-16-7-9-18-29(27)31/h3-19,22,30-31H,20-21H2,1-2H3,(H,34,36). The molecule has 0 fully saturated rings. The summed E-state index contributed by atoms with van der Waals surface area (Å²) >= 11 is 0. The molecule has 1 aliphatic carbocycles. The summed E-state index contributed by atoms with van der Waals surface area (Å²) in [5, 5.41) is 2.68. The van der Waals surface area contributed by atoms with E-state index < -0.39 is 34.2 Å². The number of fused-ring (bicyclic) bond motifs is 3. The van der Waals surface area contributed by atoms with Crippen molar-refractivity contribution >= 4 is 22.2 Å². The third kappa shape index (κ3) is 6.47. The van der Waals surface area contributed by atoms with Crippen molar-refractivity contribution in [3.05, 3.63) is 120 Å². The van der Waals surface area contributed by atoms with Crippen LogP contribution in [-0.2, 0) is 24.4 Å². The molecular weight excluding hydrogens is 554 g/mol. The molecule has 1 N–H and O–H groups in total. The summed E-state index contributed by atoms with van der Waals surface area (Å²) in [5.74, 6) is -1.59. The van der Waals surface area contributed by atoms with Crippen LogP contribution in [0.25, 0.3) is 11.1 Å². The van der Waals surface area contributed by atoms with Gasteiger partial charge in [0, 0.05) is 12.5 Å². The number of rotatable bonds is 10. The number of benzene rings is 4. The molecule has 0 saturated carbocycles. The highest BCUT2D eigenvalue weighted by molar-refractivity contribution is 7.87. The lowest BCUT2D eigenvalue weighted by molar-refractivity contribution is -0.149. The second-order valence-corrected chi connectivity index (χ2v) is 11.7. The van der Waals surface area contributed by atoms with E-state index in [0.717, 1.165) is 22.3 Å². The number of hydrogen-bond acceptors (Lipinski definition) is 7. The van der Waals surface area contributed by atoms with Crippen molar-refractivity contribution in [1.29, 1.82) is 0 Å². The van der Waals surface area contributed by atoms with Gasteiger partial charge in [-0.25, -0.2) is 4.79 Å². The predicted octanol–water partition coefficient (Wildman–Crippen LogP) is 6.03. The maximum atomic E-state index is 13.1. The van der Waals surface area contributed by atoms with Crippen LogP contribution in [-0.4, -0.2) is 39.7 Å². The Balaban J connectivity index is 1.28. The van der Waals surface area contributed by atoms with Gasteiger partial charge < -0.3 is 19.0 Å². The van der Waals surface area contributed by atoms with E-state index in [4.69, 9.17) is 13.7 Å². The van der Waals surface area contributed by atoms with Gasteiger partial charge in [-0.1, -0.05) is 78.9 Å². The first-order valence-electron chi connectivity index (χ1n) is 13.6. The molecule has 0 bridgehead atoms. The van der Waals surface area contributed by atoms with Crippen molar-refractivity contribution in [2.75, 3.05) is 13.2 Å². The molecule has 0 spiro atoms. The topological polar surface area (TPSA) is 108 Å². The van der Waals surface area contributed by atoms with Gasteiger partial charge in [0.2, 0.25) is 0 Å². The Labute approximate surface area is 245 Å². The molecule has 5 rings (SSSR count). The number of nitrogens with one attached hydrogen (secondary N) is 1. The zero-order chi connectivity index (χ0) is 29.7. The first-order valence-corrected chi connectivity index (χ1v) is 15.0. The highest BCUT2D eigenvalue weighted by Crippen LogP contribution is 2.44. The van der Waals surface area contributed by atoms with Gasteiger partial charge in [-0.2, -0.15) is 8.42 Å². The lowest BCUT2D eigenvalue weighted by atomic mass is 9.98. The Morgan fingerprint density at radius 2 is 1.43 bits per heavy atom. The highest BCUT2D eigenvalue weighted by Gasteiger charge is 2.30. The van der Waals surface area contributed by atoms with Crippen molar-refractivity contribution in [3.63, 3.8) is 0 Å². The number of ether oxygens (including phenoxy) is 2. The predicted molar refractivity (Wildman–Crippen MR) is 158 cm³/mol. The fraction of sp³-hybridized carbons (Fsp3) is 0.212. The normalized spacial score (nSPS) is 13.1. The average Bonchev–Trinajstić information content (AvgIpc) is 3.30. The quantitative estimate of drug-likeness (QED) is 0.179. The van der Waals surface area contributed by atoms with E-state index in [1.54, 1.807) is 44.2 Å². The molecule has 216 valence electrons. The molecule has 4 aromatic rings. The highest BCUT2D eigenvalue weighted by atomic mass is 32.2. The summed E-state index contributed by atoms with van der Waals surface area (Å²) in [7, 11) is -4.08. The third-order valence-corrected chi connectivity index (χ3v) is 8.19. The molecule has 42 heavy (non-hydrogen) atoms. The Bertz CT molecular complexity index is 1640. The number of carbonyl (C=O) groups is 2. The molecule has 0 radical (unpaired) electrons. The molecular formula is C33H31NO7S. The average molecular weight is 586 g/mol. The number of esters is 1. The van der Waals surface area contributed by atoms with Crippen LogP contribution in [0.2, 0.25) is 0 Å². The number of hydrogen-bond donors (Lipinski definition) is 1. The summed E-state index contributed by atoms with van der Waals surface area (Å²) in [4.78, 5) is 25.9. The lowest BCUT2D eigenvalue weighted by Gasteiger charge is -2.20. The van der Waals surface area contributed by atoms with Gasteiger partial charge in [-0.15, -0.1) is 0 Å². The fourth-order valence-electron chi connectivity index (χ4n) is 5.03. The molecule has 1 unspecified atom stereocenters. The molecule has 0 heterocycles. The maximum Gasteiger partial charge on any atom is 0.407 e. The number of amides is 1. The smallest absolute Gasteiger partial charge is 0.407 e. The van der Waals surface area contributed by atoms with E-state index in [2.05, 4.69) is 17.4 Å². The zero-order valence-corrected chi connectivity index (χ0v) is 24.0.